The Morgan fingerprint density at radius 2 is 1.74 bits per heavy atom. The first kappa shape index (κ1) is 20.9. The SMILES string of the molecule is COc1ccc(S(=O)(=O)N(O)C(=O)CCCNCCc2ccccc2)cc1. The second-order valence-corrected chi connectivity index (χ2v) is 7.67. The summed E-state index contributed by atoms with van der Waals surface area (Å²) in [5.41, 5.74) is 1.22. The highest BCUT2D eigenvalue weighted by Gasteiger charge is 2.27. The van der Waals surface area contributed by atoms with E-state index in [0.29, 0.717) is 18.7 Å². The highest BCUT2D eigenvalue weighted by molar-refractivity contribution is 7.89. The molecule has 0 saturated carbocycles. The number of methoxy groups -OCH3 is 1. The van der Waals surface area contributed by atoms with Gasteiger partial charge < -0.3 is 10.1 Å². The molecule has 0 spiro atoms. The number of nitrogens with one attached hydrogen (secondary N) is 1. The molecule has 0 radical (unpaired) electrons. The molecule has 0 heterocycles. The molecule has 7 nitrogen and oxygen atoms in total. The van der Waals surface area contributed by atoms with Gasteiger partial charge in [-0.2, -0.15) is 8.42 Å². The fourth-order valence-corrected chi connectivity index (χ4v) is 3.48. The lowest BCUT2D eigenvalue weighted by Gasteiger charge is -2.15. The molecule has 0 atom stereocenters. The van der Waals surface area contributed by atoms with Crippen LogP contribution in [0.5, 0.6) is 5.75 Å². The van der Waals surface area contributed by atoms with Crippen molar-refractivity contribution >= 4 is 15.9 Å². The molecule has 27 heavy (non-hydrogen) atoms. The van der Waals surface area contributed by atoms with Gasteiger partial charge in [0.25, 0.3) is 15.9 Å². The van der Waals surface area contributed by atoms with Crippen LogP contribution in [0, 0.1) is 0 Å². The summed E-state index contributed by atoms with van der Waals surface area (Å²) in [4.78, 5) is 11.8. The molecule has 2 rings (SSSR count). The summed E-state index contributed by atoms with van der Waals surface area (Å²) < 4.78 is 29.3. The Morgan fingerprint density at radius 3 is 2.37 bits per heavy atom. The second-order valence-electron chi connectivity index (χ2n) is 5.91. The average molecular weight is 392 g/mol. The number of rotatable bonds is 10. The van der Waals surface area contributed by atoms with Gasteiger partial charge in [-0.25, -0.2) is 0 Å². The minimum Gasteiger partial charge on any atom is -0.497 e. The van der Waals surface area contributed by atoms with Crippen LogP contribution in [0.2, 0.25) is 0 Å². The molecule has 0 aromatic heterocycles. The number of carbonyl (C=O) groups excluding carboxylic acids is 1. The minimum absolute atomic E-state index is 0.0791. The molecule has 2 aromatic carbocycles. The number of sulfonamides is 1. The lowest BCUT2D eigenvalue weighted by atomic mass is 10.1. The first-order chi connectivity index (χ1) is 12.9. The molecule has 0 bridgehead atoms. The maximum absolute atomic E-state index is 12.3. The fraction of sp³-hybridized carbons (Fsp3) is 0.316. The normalized spacial score (nSPS) is 11.2. The minimum atomic E-state index is -4.28. The number of hydrogen-bond donors (Lipinski definition) is 2. The average Bonchev–Trinajstić information content (AvgIpc) is 2.70. The lowest BCUT2D eigenvalue weighted by molar-refractivity contribution is -0.146. The van der Waals surface area contributed by atoms with Crippen molar-refractivity contribution in [3.8, 4) is 5.75 Å². The maximum Gasteiger partial charge on any atom is 0.289 e. The monoisotopic (exact) mass is 392 g/mol. The van der Waals surface area contributed by atoms with Gasteiger partial charge in [0.15, 0.2) is 0 Å². The Balaban J connectivity index is 1.75. The van der Waals surface area contributed by atoms with Gasteiger partial charge in [0.05, 0.1) is 12.0 Å². The van der Waals surface area contributed by atoms with Gasteiger partial charge in [-0.15, -0.1) is 4.47 Å². The molecule has 0 unspecified atom stereocenters. The van der Waals surface area contributed by atoms with Crippen LogP contribution in [-0.4, -0.2) is 44.2 Å². The zero-order chi connectivity index (χ0) is 19.7. The van der Waals surface area contributed by atoms with Crippen LogP contribution in [-0.2, 0) is 21.2 Å². The van der Waals surface area contributed by atoms with Crippen LogP contribution >= 0.6 is 0 Å². The van der Waals surface area contributed by atoms with Crippen molar-refractivity contribution in [2.24, 2.45) is 0 Å². The van der Waals surface area contributed by atoms with E-state index < -0.39 is 15.9 Å². The fourth-order valence-electron chi connectivity index (χ4n) is 2.44. The van der Waals surface area contributed by atoms with E-state index in [1.54, 1.807) is 0 Å². The van der Waals surface area contributed by atoms with Crippen molar-refractivity contribution < 1.29 is 23.2 Å². The number of ether oxygens (including phenoxy) is 1. The molecule has 0 fully saturated rings. The van der Waals surface area contributed by atoms with Gasteiger partial charge in [0.1, 0.15) is 5.75 Å². The number of carbonyl (C=O) groups is 1. The Labute approximate surface area is 159 Å². The van der Waals surface area contributed by atoms with E-state index in [1.165, 1.54) is 36.9 Å². The van der Waals surface area contributed by atoms with Crippen molar-refractivity contribution in [2.75, 3.05) is 20.2 Å². The van der Waals surface area contributed by atoms with Crippen LogP contribution in [0.1, 0.15) is 18.4 Å². The van der Waals surface area contributed by atoms with E-state index in [4.69, 9.17) is 4.74 Å². The predicted octanol–water partition coefficient (Wildman–Crippen LogP) is 2.21. The van der Waals surface area contributed by atoms with E-state index in [1.807, 2.05) is 30.3 Å². The maximum atomic E-state index is 12.3. The third-order valence-corrected chi connectivity index (χ3v) is 5.50. The van der Waals surface area contributed by atoms with Gasteiger partial charge in [-0.1, -0.05) is 30.3 Å². The Morgan fingerprint density at radius 1 is 1.07 bits per heavy atom. The summed E-state index contributed by atoms with van der Waals surface area (Å²) in [5, 5.41) is 13.0. The molecular formula is C19H24N2O5S. The van der Waals surface area contributed by atoms with Crippen molar-refractivity contribution in [3.05, 3.63) is 60.2 Å². The number of amides is 1. The van der Waals surface area contributed by atoms with Gasteiger partial charge in [0.2, 0.25) is 0 Å². The van der Waals surface area contributed by atoms with Crippen LogP contribution in [0.25, 0.3) is 0 Å². The Hall–Kier alpha value is -2.42. The van der Waals surface area contributed by atoms with Gasteiger partial charge in [-0.05, 0) is 55.8 Å². The molecule has 0 saturated heterocycles. The first-order valence-electron chi connectivity index (χ1n) is 8.61. The molecule has 1 amide bonds. The molecule has 146 valence electrons. The lowest BCUT2D eigenvalue weighted by Crippen LogP contribution is -2.34. The van der Waals surface area contributed by atoms with Crippen LogP contribution in [0.3, 0.4) is 0 Å². The van der Waals surface area contributed by atoms with E-state index in [2.05, 4.69) is 5.32 Å². The molecule has 0 aliphatic carbocycles. The smallest absolute Gasteiger partial charge is 0.289 e. The van der Waals surface area contributed by atoms with Gasteiger partial charge in [-0.3, -0.25) is 10.0 Å². The van der Waals surface area contributed by atoms with Gasteiger partial charge in [0, 0.05) is 6.42 Å². The number of hydrogen-bond acceptors (Lipinski definition) is 6. The summed E-state index contributed by atoms with van der Waals surface area (Å²) in [7, 11) is -2.83. The van der Waals surface area contributed by atoms with E-state index in [9.17, 15) is 18.4 Å². The molecular weight excluding hydrogens is 368 g/mol. The zero-order valence-electron chi connectivity index (χ0n) is 15.2. The molecule has 8 heteroatoms. The third kappa shape index (κ3) is 6.06. The number of hydroxylamine groups is 1. The van der Waals surface area contributed by atoms with E-state index >= 15 is 0 Å². The van der Waals surface area contributed by atoms with E-state index in [-0.39, 0.29) is 15.8 Å². The first-order valence-corrected chi connectivity index (χ1v) is 10.0. The van der Waals surface area contributed by atoms with Crippen LogP contribution in [0.15, 0.2) is 59.5 Å². The summed E-state index contributed by atoms with van der Waals surface area (Å²) in [6, 6.07) is 15.4. The quantitative estimate of drug-likeness (QED) is 0.366. The Kier molecular flexibility index (Phi) is 7.78. The number of nitrogens with zero attached hydrogens (tertiary/aromatic N) is 1. The standard InChI is InChI=1S/C19H24N2O5S/c1-26-17-9-11-18(12-10-17)27(24,25)21(23)19(22)8-5-14-20-15-13-16-6-3-2-4-7-16/h2-4,6-7,9-12,20,23H,5,8,13-15H2,1H3. The summed E-state index contributed by atoms with van der Waals surface area (Å²) >= 11 is 0. The topological polar surface area (TPSA) is 95.9 Å². The second kappa shape index (κ2) is 10.1. The molecule has 2 N–H and O–H groups in total. The molecule has 0 aliphatic heterocycles. The highest BCUT2D eigenvalue weighted by Crippen LogP contribution is 2.19. The Bertz CT molecular complexity index is 823. The molecule has 2 aromatic rings. The molecule has 0 aliphatic rings. The summed E-state index contributed by atoms with van der Waals surface area (Å²) in [5.74, 6) is -0.387. The number of benzene rings is 2. The van der Waals surface area contributed by atoms with Gasteiger partial charge >= 0.3 is 0 Å². The van der Waals surface area contributed by atoms with E-state index in [0.717, 1.165) is 13.0 Å². The zero-order valence-corrected chi connectivity index (χ0v) is 16.0. The highest BCUT2D eigenvalue weighted by atomic mass is 32.2. The van der Waals surface area contributed by atoms with Crippen molar-refractivity contribution in [1.29, 1.82) is 0 Å². The predicted molar refractivity (Wildman–Crippen MR) is 101 cm³/mol. The van der Waals surface area contributed by atoms with Crippen molar-refractivity contribution in [1.82, 2.24) is 9.79 Å². The third-order valence-electron chi connectivity index (χ3n) is 3.98. The van der Waals surface area contributed by atoms with Crippen molar-refractivity contribution in [2.45, 2.75) is 24.2 Å². The summed E-state index contributed by atoms with van der Waals surface area (Å²) in [6.07, 6.45) is 1.21. The largest absolute Gasteiger partial charge is 0.497 e. The van der Waals surface area contributed by atoms with Crippen molar-refractivity contribution in [3.63, 3.8) is 0 Å². The summed E-state index contributed by atoms with van der Waals surface area (Å²) in [6.45, 7) is 1.31. The van der Waals surface area contributed by atoms with Crippen LogP contribution < -0.4 is 10.1 Å². The van der Waals surface area contributed by atoms with Crippen LogP contribution in [0.4, 0.5) is 0 Å².